The fraction of sp³-hybridized carbons (Fsp3) is 0.267. The van der Waals surface area contributed by atoms with Crippen molar-refractivity contribution in [3.05, 3.63) is 36.0 Å². The molecule has 0 radical (unpaired) electrons. The molecule has 0 aliphatic carbocycles. The summed E-state index contributed by atoms with van der Waals surface area (Å²) in [5.74, 6) is 0.408. The molecule has 0 bridgehead atoms. The first-order valence-electron chi connectivity index (χ1n) is 6.22. The Balaban J connectivity index is 2.20. The third-order valence-electron chi connectivity index (χ3n) is 2.51. The number of pyridine rings is 1. The van der Waals surface area contributed by atoms with Gasteiger partial charge in [0.2, 0.25) is 0 Å². The van der Waals surface area contributed by atoms with Crippen molar-refractivity contribution in [1.29, 1.82) is 0 Å². The van der Waals surface area contributed by atoms with Crippen LogP contribution in [0.4, 0.5) is 10.6 Å². The molecule has 5 heteroatoms. The molecule has 0 fully saturated rings. The fourth-order valence-electron chi connectivity index (χ4n) is 1.71. The molecule has 2 rings (SSSR count). The maximum absolute atomic E-state index is 11.6. The number of carbonyl (C=O) groups excluding carboxylic acids is 2. The van der Waals surface area contributed by atoms with Crippen LogP contribution in [0.25, 0.3) is 10.8 Å². The van der Waals surface area contributed by atoms with Crippen molar-refractivity contribution in [1.82, 2.24) is 4.98 Å². The summed E-state index contributed by atoms with van der Waals surface area (Å²) in [6.07, 6.45) is 1.84. The van der Waals surface area contributed by atoms with Crippen molar-refractivity contribution in [2.24, 2.45) is 0 Å². The summed E-state index contributed by atoms with van der Waals surface area (Å²) in [6.45, 7) is 5.38. The van der Waals surface area contributed by atoms with E-state index in [0.29, 0.717) is 11.4 Å². The first kappa shape index (κ1) is 14.0. The third-order valence-corrected chi connectivity index (χ3v) is 2.51. The van der Waals surface area contributed by atoms with Crippen LogP contribution >= 0.6 is 0 Å². The van der Waals surface area contributed by atoms with Crippen LogP contribution < -0.4 is 5.32 Å². The molecule has 104 valence electrons. The standard InChI is InChI=1S/C15H16N2O3/c1-15(2,3)20-14(19)17-13-7-11-5-4-10(9-18)6-12(11)8-16-13/h4-9H,1-3H3,(H,16,17,19). The van der Waals surface area contributed by atoms with E-state index in [9.17, 15) is 9.59 Å². The number of hydrogen-bond donors (Lipinski definition) is 1. The first-order valence-corrected chi connectivity index (χ1v) is 6.22. The van der Waals surface area contributed by atoms with Gasteiger partial charge < -0.3 is 4.74 Å². The van der Waals surface area contributed by atoms with E-state index in [2.05, 4.69) is 10.3 Å². The molecule has 1 N–H and O–H groups in total. The van der Waals surface area contributed by atoms with Crippen molar-refractivity contribution < 1.29 is 14.3 Å². The molecular weight excluding hydrogens is 256 g/mol. The van der Waals surface area contributed by atoms with E-state index in [1.165, 1.54) is 0 Å². The number of carbonyl (C=O) groups is 2. The molecular formula is C15H16N2O3. The first-order chi connectivity index (χ1) is 9.37. The Kier molecular flexibility index (Phi) is 3.70. The molecule has 1 amide bonds. The third kappa shape index (κ3) is 3.54. The van der Waals surface area contributed by atoms with Gasteiger partial charge in [0, 0.05) is 17.1 Å². The number of benzene rings is 1. The summed E-state index contributed by atoms with van der Waals surface area (Å²) in [5.41, 5.74) is 0.0342. The van der Waals surface area contributed by atoms with Crippen LogP contribution in [0.3, 0.4) is 0 Å². The lowest BCUT2D eigenvalue weighted by atomic mass is 10.1. The van der Waals surface area contributed by atoms with Crippen LogP contribution in [0.15, 0.2) is 30.5 Å². The number of hydrogen-bond acceptors (Lipinski definition) is 4. The zero-order chi connectivity index (χ0) is 14.8. The number of nitrogens with one attached hydrogen (secondary N) is 1. The Labute approximate surface area is 117 Å². The van der Waals surface area contributed by atoms with E-state index in [-0.39, 0.29) is 0 Å². The number of amides is 1. The SMILES string of the molecule is CC(C)(C)OC(=O)Nc1cc2ccc(C=O)cc2cn1. The van der Waals surface area contributed by atoms with Gasteiger partial charge in [-0.2, -0.15) is 0 Å². The zero-order valence-electron chi connectivity index (χ0n) is 11.6. The second kappa shape index (κ2) is 5.28. The van der Waals surface area contributed by atoms with Gasteiger partial charge in [-0.05, 0) is 38.3 Å². The summed E-state index contributed by atoms with van der Waals surface area (Å²) in [4.78, 5) is 26.5. The second-order valence-corrected chi connectivity index (χ2v) is 5.42. The summed E-state index contributed by atoms with van der Waals surface area (Å²) in [6, 6.07) is 6.99. The van der Waals surface area contributed by atoms with Crippen LogP contribution in [0.2, 0.25) is 0 Å². The summed E-state index contributed by atoms with van der Waals surface area (Å²) >= 11 is 0. The molecule has 0 unspecified atom stereocenters. The van der Waals surface area contributed by atoms with Crippen molar-refractivity contribution in [2.75, 3.05) is 5.32 Å². The van der Waals surface area contributed by atoms with E-state index in [0.717, 1.165) is 17.1 Å². The van der Waals surface area contributed by atoms with E-state index < -0.39 is 11.7 Å². The lowest BCUT2D eigenvalue weighted by Gasteiger charge is -2.19. The van der Waals surface area contributed by atoms with Gasteiger partial charge in [-0.15, -0.1) is 0 Å². The van der Waals surface area contributed by atoms with Gasteiger partial charge in [-0.3, -0.25) is 10.1 Å². The number of aromatic nitrogens is 1. The van der Waals surface area contributed by atoms with Crippen molar-refractivity contribution in [3.63, 3.8) is 0 Å². The Morgan fingerprint density at radius 1 is 1.25 bits per heavy atom. The molecule has 1 aromatic heterocycles. The second-order valence-electron chi connectivity index (χ2n) is 5.42. The average Bonchev–Trinajstić information content (AvgIpc) is 2.35. The smallest absolute Gasteiger partial charge is 0.413 e. The summed E-state index contributed by atoms with van der Waals surface area (Å²) in [5, 5.41) is 4.30. The van der Waals surface area contributed by atoms with Crippen LogP contribution in [-0.2, 0) is 4.74 Å². The quantitative estimate of drug-likeness (QED) is 0.851. The fourth-order valence-corrected chi connectivity index (χ4v) is 1.71. The monoisotopic (exact) mass is 272 g/mol. The zero-order valence-corrected chi connectivity index (χ0v) is 11.6. The minimum atomic E-state index is -0.556. The van der Waals surface area contributed by atoms with E-state index >= 15 is 0 Å². The van der Waals surface area contributed by atoms with Gasteiger partial charge in [0.15, 0.2) is 0 Å². The minimum Gasteiger partial charge on any atom is -0.444 e. The summed E-state index contributed by atoms with van der Waals surface area (Å²) < 4.78 is 5.15. The van der Waals surface area contributed by atoms with Gasteiger partial charge in [-0.1, -0.05) is 12.1 Å². The Hall–Kier alpha value is -2.43. The maximum atomic E-state index is 11.6. The molecule has 0 saturated heterocycles. The highest BCUT2D eigenvalue weighted by Crippen LogP contribution is 2.18. The predicted octanol–water partition coefficient (Wildman–Crippen LogP) is 3.39. The van der Waals surface area contributed by atoms with Gasteiger partial charge in [0.25, 0.3) is 0 Å². The number of nitrogens with zero attached hydrogens (tertiary/aromatic N) is 1. The van der Waals surface area contributed by atoms with E-state index in [1.54, 1.807) is 51.2 Å². The van der Waals surface area contributed by atoms with Crippen LogP contribution in [-0.4, -0.2) is 23.0 Å². The highest BCUT2D eigenvalue weighted by Gasteiger charge is 2.16. The van der Waals surface area contributed by atoms with E-state index in [1.807, 2.05) is 0 Å². The average molecular weight is 272 g/mol. The normalized spacial score (nSPS) is 11.2. The molecule has 0 atom stereocenters. The molecule has 0 aliphatic heterocycles. The Morgan fingerprint density at radius 3 is 2.65 bits per heavy atom. The lowest BCUT2D eigenvalue weighted by Crippen LogP contribution is -2.27. The molecule has 0 saturated carbocycles. The predicted molar refractivity (Wildman–Crippen MR) is 77.0 cm³/mol. The molecule has 5 nitrogen and oxygen atoms in total. The highest BCUT2D eigenvalue weighted by atomic mass is 16.6. The molecule has 0 aliphatic rings. The summed E-state index contributed by atoms with van der Waals surface area (Å²) in [7, 11) is 0. The van der Waals surface area contributed by atoms with Gasteiger partial charge in [0.1, 0.15) is 17.7 Å². The van der Waals surface area contributed by atoms with Crippen LogP contribution in [0.5, 0.6) is 0 Å². The molecule has 2 aromatic rings. The Bertz CT molecular complexity index is 660. The maximum Gasteiger partial charge on any atom is 0.413 e. The van der Waals surface area contributed by atoms with Crippen molar-refractivity contribution in [2.45, 2.75) is 26.4 Å². The van der Waals surface area contributed by atoms with Gasteiger partial charge in [-0.25, -0.2) is 9.78 Å². The van der Waals surface area contributed by atoms with Crippen LogP contribution in [0.1, 0.15) is 31.1 Å². The van der Waals surface area contributed by atoms with Gasteiger partial charge in [0.05, 0.1) is 0 Å². The number of rotatable bonds is 2. The number of fused-ring (bicyclic) bond motifs is 1. The van der Waals surface area contributed by atoms with E-state index in [4.69, 9.17) is 4.74 Å². The molecule has 1 heterocycles. The topological polar surface area (TPSA) is 68.3 Å². The highest BCUT2D eigenvalue weighted by molar-refractivity contribution is 5.92. The van der Waals surface area contributed by atoms with Crippen LogP contribution in [0, 0.1) is 0 Å². The molecule has 1 aromatic carbocycles. The number of anilines is 1. The Morgan fingerprint density at radius 2 is 2.00 bits per heavy atom. The molecule has 0 spiro atoms. The number of ether oxygens (including phenoxy) is 1. The van der Waals surface area contributed by atoms with Crippen molar-refractivity contribution >= 4 is 29.0 Å². The molecule has 20 heavy (non-hydrogen) atoms. The lowest BCUT2D eigenvalue weighted by molar-refractivity contribution is 0.0635. The number of aldehydes is 1. The van der Waals surface area contributed by atoms with Crippen molar-refractivity contribution in [3.8, 4) is 0 Å². The largest absolute Gasteiger partial charge is 0.444 e. The minimum absolute atomic E-state index is 0.408. The van der Waals surface area contributed by atoms with Gasteiger partial charge >= 0.3 is 6.09 Å².